The molecule has 0 aliphatic carbocycles. The van der Waals surface area contributed by atoms with Crippen molar-refractivity contribution in [2.24, 2.45) is 0 Å². The number of rotatable bonds is 5. The zero-order chi connectivity index (χ0) is 12.8. The Labute approximate surface area is 114 Å². The van der Waals surface area contributed by atoms with Crippen LogP contribution in [0, 0.1) is 0 Å². The second-order valence-corrected chi connectivity index (χ2v) is 4.88. The summed E-state index contributed by atoms with van der Waals surface area (Å²) in [4.78, 5) is 0. The highest BCUT2D eigenvalue weighted by Gasteiger charge is 2.25. The Kier molecular flexibility index (Phi) is 5.24. The first-order valence-electron chi connectivity index (χ1n) is 6.40. The average molecular weight is 267 g/mol. The normalized spacial score (nSPS) is 23.8. The largest absolute Gasteiger partial charge is 0.378 e. The van der Waals surface area contributed by atoms with Crippen molar-refractivity contribution in [2.45, 2.75) is 31.5 Å². The van der Waals surface area contributed by atoms with E-state index in [4.69, 9.17) is 21.1 Å². The first kappa shape index (κ1) is 13.6. The third kappa shape index (κ3) is 3.58. The quantitative estimate of drug-likeness (QED) is 0.589. The van der Waals surface area contributed by atoms with Gasteiger partial charge >= 0.3 is 0 Å². The fourth-order valence-electron chi connectivity index (χ4n) is 2.19. The highest BCUT2D eigenvalue weighted by molar-refractivity contribution is 6.31. The molecule has 2 rings (SSSR count). The molecule has 1 aliphatic heterocycles. The second kappa shape index (κ2) is 6.93. The first-order valence-corrected chi connectivity index (χ1v) is 6.77. The first-order chi connectivity index (χ1) is 8.81. The molecule has 1 saturated heterocycles. The van der Waals surface area contributed by atoms with Crippen molar-refractivity contribution in [1.82, 2.24) is 0 Å². The summed E-state index contributed by atoms with van der Waals surface area (Å²) in [5.41, 5.74) is 1.07. The topological polar surface area (TPSA) is 18.5 Å². The van der Waals surface area contributed by atoms with Crippen molar-refractivity contribution >= 4 is 11.6 Å². The standard InChI is InChI=1S/C15H19ClO2/c1-2-3-9-17-12-8-10-18-15(11-12)13-6-4-5-7-14(13)16/h2,4-7,12,15H,1,3,8-11H2. The molecule has 0 amide bonds. The summed E-state index contributed by atoms with van der Waals surface area (Å²) in [5, 5.41) is 0.772. The van der Waals surface area contributed by atoms with Gasteiger partial charge in [-0.2, -0.15) is 0 Å². The van der Waals surface area contributed by atoms with Crippen molar-refractivity contribution in [1.29, 1.82) is 0 Å². The van der Waals surface area contributed by atoms with Crippen molar-refractivity contribution < 1.29 is 9.47 Å². The molecule has 2 unspecified atom stereocenters. The van der Waals surface area contributed by atoms with Crippen molar-refractivity contribution in [3.63, 3.8) is 0 Å². The van der Waals surface area contributed by atoms with E-state index in [1.165, 1.54) is 0 Å². The van der Waals surface area contributed by atoms with Gasteiger partial charge in [0.25, 0.3) is 0 Å². The molecule has 18 heavy (non-hydrogen) atoms. The third-order valence-corrected chi connectivity index (χ3v) is 3.51. The second-order valence-electron chi connectivity index (χ2n) is 4.48. The third-order valence-electron chi connectivity index (χ3n) is 3.16. The molecule has 0 N–H and O–H groups in total. The number of hydrogen-bond donors (Lipinski definition) is 0. The van der Waals surface area contributed by atoms with Gasteiger partial charge in [-0.05, 0) is 24.5 Å². The zero-order valence-electron chi connectivity index (χ0n) is 10.5. The predicted molar refractivity (Wildman–Crippen MR) is 73.9 cm³/mol. The highest BCUT2D eigenvalue weighted by atomic mass is 35.5. The maximum absolute atomic E-state index is 6.20. The zero-order valence-corrected chi connectivity index (χ0v) is 11.2. The molecule has 2 atom stereocenters. The fourth-order valence-corrected chi connectivity index (χ4v) is 2.45. The highest BCUT2D eigenvalue weighted by Crippen LogP contribution is 2.33. The fraction of sp³-hybridized carbons (Fsp3) is 0.467. The number of benzene rings is 1. The lowest BCUT2D eigenvalue weighted by molar-refractivity contribution is -0.0729. The Morgan fingerprint density at radius 1 is 1.44 bits per heavy atom. The Balaban J connectivity index is 1.94. The molecule has 0 saturated carbocycles. The van der Waals surface area contributed by atoms with Gasteiger partial charge in [0, 0.05) is 18.1 Å². The Hall–Kier alpha value is -0.830. The van der Waals surface area contributed by atoms with Crippen LogP contribution >= 0.6 is 11.6 Å². The van der Waals surface area contributed by atoms with Crippen molar-refractivity contribution in [3.8, 4) is 0 Å². The van der Waals surface area contributed by atoms with Crippen LogP contribution in [-0.4, -0.2) is 19.3 Å². The molecule has 1 aromatic rings. The van der Waals surface area contributed by atoms with Crippen LogP contribution in [0.25, 0.3) is 0 Å². The van der Waals surface area contributed by atoms with Gasteiger partial charge in [-0.25, -0.2) is 0 Å². The molecule has 98 valence electrons. The summed E-state index contributed by atoms with van der Waals surface area (Å²) < 4.78 is 11.6. The lowest BCUT2D eigenvalue weighted by Crippen LogP contribution is -2.26. The van der Waals surface area contributed by atoms with Gasteiger partial charge < -0.3 is 9.47 Å². The van der Waals surface area contributed by atoms with E-state index in [0.717, 1.165) is 43.1 Å². The van der Waals surface area contributed by atoms with Gasteiger partial charge in [0.15, 0.2) is 0 Å². The Bertz CT molecular complexity index is 392. The predicted octanol–water partition coefficient (Wildman–Crippen LogP) is 4.15. The lowest BCUT2D eigenvalue weighted by atomic mass is 9.99. The van der Waals surface area contributed by atoms with E-state index in [2.05, 4.69) is 6.58 Å². The summed E-state index contributed by atoms with van der Waals surface area (Å²) in [6.07, 6.45) is 4.93. The number of hydrogen-bond acceptors (Lipinski definition) is 2. The van der Waals surface area contributed by atoms with Gasteiger partial charge in [-0.15, -0.1) is 6.58 Å². The maximum Gasteiger partial charge on any atom is 0.0864 e. The van der Waals surface area contributed by atoms with E-state index in [9.17, 15) is 0 Å². The van der Waals surface area contributed by atoms with Crippen molar-refractivity contribution in [3.05, 3.63) is 47.5 Å². The monoisotopic (exact) mass is 266 g/mol. The molecular formula is C15H19ClO2. The average Bonchev–Trinajstić information content (AvgIpc) is 2.40. The van der Waals surface area contributed by atoms with E-state index in [1.54, 1.807) is 0 Å². The van der Waals surface area contributed by atoms with Crippen molar-refractivity contribution in [2.75, 3.05) is 13.2 Å². The molecule has 0 bridgehead atoms. The Morgan fingerprint density at radius 2 is 2.28 bits per heavy atom. The number of halogens is 1. The summed E-state index contributed by atoms with van der Waals surface area (Å²) >= 11 is 6.20. The van der Waals surface area contributed by atoms with Gasteiger partial charge in [0.05, 0.1) is 18.8 Å². The minimum absolute atomic E-state index is 0.0566. The maximum atomic E-state index is 6.20. The summed E-state index contributed by atoms with van der Waals surface area (Å²) in [5.74, 6) is 0. The van der Waals surface area contributed by atoms with Crippen LogP contribution in [0.15, 0.2) is 36.9 Å². The molecule has 1 aliphatic rings. The van der Waals surface area contributed by atoms with E-state index in [-0.39, 0.29) is 12.2 Å². The molecule has 3 heteroatoms. The number of ether oxygens (including phenoxy) is 2. The summed E-state index contributed by atoms with van der Waals surface area (Å²) in [6, 6.07) is 7.86. The molecule has 2 nitrogen and oxygen atoms in total. The van der Waals surface area contributed by atoms with Crippen LogP contribution < -0.4 is 0 Å². The van der Waals surface area contributed by atoms with Crippen LogP contribution in [0.3, 0.4) is 0 Å². The van der Waals surface area contributed by atoms with E-state index in [1.807, 2.05) is 30.3 Å². The van der Waals surface area contributed by atoms with Crippen LogP contribution in [-0.2, 0) is 9.47 Å². The lowest BCUT2D eigenvalue weighted by Gasteiger charge is -2.30. The van der Waals surface area contributed by atoms with E-state index < -0.39 is 0 Å². The smallest absolute Gasteiger partial charge is 0.0864 e. The molecule has 0 aromatic heterocycles. The minimum atomic E-state index is 0.0566. The summed E-state index contributed by atoms with van der Waals surface area (Å²) in [6.45, 7) is 5.17. The van der Waals surface area contributed by atoms with Gasteiger partial charge in [0.2, 0.25) is 0 Å². The minimum Gasteiger partial charge on any atom is -0.378 e. The van der Waals surface area contributed by atoms with E-state index >= 15 is 0 Å². The molecule has 1 aromatic carbocycles. The van der Waals surface area contributed by atoms with Crippen LogP contribution in [0.4, 0.5) is 0 Å². The molecule has 0 spiro atoms. The van der Waals surface area contributed by atoms with Crippen LogP contribution in [0.1, 0.15) is 30.9 Å². The summed E-state index contributed by atoms with van der Waals surface area (Å²) in [7, 11) is 0. The molecule has 0 radical (unpaired) electrons. The van der Waals surface area contributed by atoms with Gasteiger partial charge in [-0.3, -0.25) is 0 Å². The molecule has 1 heterocycles. The molecule has 1 fully saturated rings. The van der Waals surface area contributed by atoms with Gasteiger partial charge in [0.1, 0.15) is 0 Å². The van der Waals surface area contributed by atoms with Crippen LogP contribution in [0.5, 0.6) is 0 Å². The van der Waals surface area contributed by atoms with E-state index in [0.29, 0.717) is 0 Å². The van der Waals surface area contributed by atoms with Gasteiger partial charge in [-0.1, -0.05) is 35.9 Å². The Morgan fingerprint density at radius 3 is 3.06 bits per heavy atom. The molecular weight excluding hydrogens is 248 g/mol. The SMILES string of the molecule is C=CCCOC1CCOC(c2ccccc2Cl)C1. The van der Waals surface area contributed by atoms with Crippen LogP contribution in [0.2, 0.25) is 5.02 Å².